The summed E-state index contributed by atoms with van der Waals surface area (Å²) in [6, 6.07) is 0. The Kier molecular flexibility index (Phi) is 31.4. The fourth-order valence-electron chi connectivity index (χ4n) is 4.79. The Morgan fingerprint density at radius 3 is 1.94 bits per heavy atom. The zero-order valence-corrected chi connectivity index (χ0v) is 31.5. The van der Waals surface area contributed by atoms with Gasteiger partial charge < -0.3 is 24.4 Å². The molecule has 0 fully saturated rings. The Balaban J connectivity index is 4.16. The van der Waals surface area contributed by atoms with Crippen molar-refractivity contribution in [2.45, 2.75) is 155 Å². The number of phosphoric ester groups is 1. The first-order valence-electron chi connectivity index (χ1n) is 18.5. The average Bonchev–Trinajstić information content (AvgIpc) is 3.04. The van der Waals surface area contributed by atoms with E-state index in [0.29, 0.717) is 25.7 Å². The minimum Gasteiger partial charge on any atom is -0.462 e. The summed E-state index contributed by atoms with van der Waals surface area (Å²) in [5.41, 5.74) is 0. The highest BCUT2D eigenvalue weighted by Crippen LogP contribution is 2.36. The van der Waals surface area contributed by atoms with Crippen molar-refractivity contribution in [3.63, 3.8) is 0 Å². The van der Waals surface area contributed by atoms with Gasteiger partial charge in [0.25, 0.3) is 0 Å². The second kappa shape index (κ2) is 32.9. The van der Waals surface area contributed by atoms with Crippen LogP contribution in [0.1, 0.15) is 143 Å². The molecule has 10 heteroatoms. The molecule has 0 saturated heterocycles. The zero-order valence-electron chi connectivity index (χ0n) is 30.6. The average molecular weight is 711 g/mol. The molecule has 282 valence electrons. The van der Waals surface area contributed by atoms with Crippen molar-refractivity contribution in [3.8, 4) is 0 Å². The third kappa shape index (κ3) is 36.8. The molecule has 3 N–H and O–H groups in total. The van der Waals surface area contributed by atoms with E-state index in [1.165, 1.54) is 44.9 Å². The molecule has 1 unspecified atom stereocenters. The molecule has 0 rings (SSSR count). The number of aliphatic hydroxyl groups is 1. The van der Waals surface area contributed by atoms with Crippen LogP contribution in [0, 0.1) is 5.92 Å². The highest BCUT2D eigenvalue weighted by atomic mass is 31.2. The lowest BCUT2D eigenvalue weighted by Gasteiger charge is -2.18. The number of allylic oxidation sites excluding steroid dienone is 8. The van der Waals surface area contributed by atoms with Crippen LogP contribution in [-0.4, -0.2) is 52.3 Å². The number of carbonyl (C=O) groups is 2. The maximum absolute atomic E-state index is 12.3. The van der Waals surface area contributed by atoms with Crippen LogP contribution in [0.25, 0.3) is 0 Å². The fraction of sp³-hybridized carbons (Fsp3) is 0.692. The van der Waals surface area contributed by atoms with Crippen LogP contribution in [-0.2, 0) is 28.2 Å². The van der Waals surface area contributed by atoms with Crippen LogP contribution in [0.2, 0.25) is 0 Å². The Hall–Kier alpha value is -2.29. The van der Waals surface area contributed by atoms with E-state index < -0.39 is 38.6 Å². The molecular weight excluding hydrogens is 643 g/mol. The molecule has 0 spiro atoms. The van der Waals surface area contributed by atoms with Crippen LogP contribution in [0.4, 0.5) is 0 Å². The van der Waals surface area contributed by atoms with E-state index in [4.69, 9.17) is 19.3 Å². The summed E-state index contributed by atoms with van der Waals surface area (Å²) in [6.45, 7) is 5.73. The van der Waals surface area contributed by atoms with E-state index in [9.17, 15) is 19.3 Å². The molecule has 0 saturated carbocycles. The van der Waals surface area contributed by atoms with Crippen molar-refractivity contribution in [1.29, 1.82) is 0 Å². The monoisotopic (exact) mass is 710 g/mol. The van der Waals surface area contributed by atoms with E-state index in [1.54, 1.807) is 6.08 Å². The van der Waals surface area contributed by atoms with E-state index in [2.05, 4.69) is 37.4 Å². The first-order chi connectivity index (χ1) is 23.5. The van der Waals surface area contributed by atoms with Crippen LogP contribution < -0.4 is 0 Å². The number of phosphoric acid groups is 1. The lowest BCUT2D eigenvalue weighted by atomic mass is 10.0. The topological polar surface area (TPSA) is 140 Å². The van der Waals surface area contributed by atoms with Gasteiger partial charge in [-0.05, 0) is 50.9 Å². The van der Waals surface area contributed by atoms with Gasteiger partial charge in [0.2, 0.25) is 0 Å². The van der Waals surface area contributed by atoms with E-state index in [0.717, 1.165) is 44.4 Å². The van der Waals surface area contributed by atoms with Gasteiger partial charge in [-0.25, -0.2) is 4.57 Å². The lowest BCUT2D eigenvalue weighted by Crippen LogP contribution is -2.29. The molecule has 0 aromatic heterocycles. The van der Waals surface area contributed by atoms with Crippen molar-refractivity contribution < 1.29 is 43.0 Å². The Labute approximate surface area is 297 Å². The molecule has 0 bridgehead atoms. The number of carbonyl (C=O) groups excluding carboxylic acids is 2. The SMILES string of the molecule is CC/C=C\C/C=C\CC(O)/C=C/C=C\C/C=C\CCCC(=O)OC[C@H](COP(=O)(O)O)OC(=O)CCCCCCCCCCCCC(C)C. The van der Waals surface area contributed by atoms with Gasteiger partial charge in [-0.15, -0.1) is 0 Å². The number of rotatable bonds is 32. The van der Waals surface area contributed by atoms with Gasteiger partial charge in [0.05, 0.1) is 12.7 Å². The quantitative estimate of drug-likeness (QED) is 0.0205. The van der Waals surface area contributed by atoms with Crippen molar-refractivity contribution in [1.82, 2.24) is 0 Å². The minimum atomic E-state index is -4.78. The first-order valence-corrected chi connectivity index (χ1v) is 20.1. The Bertz CT molecular complexity index is 1010. The van der Waals surface area contributed by atoms with Crippen LogP contribution >= 0.6 is 7.82 Å². The molecule has 0 aliphatic heterocycles. The molecule has 0 aliphatic carbocycles. The van der Waals surface area contributed by atoms with Crippen LogP contribution in [0.3, 0.4) is 0 Å². The maximum Gasteiger partial charge on any atom is 0.469 e. The molecule has 0 aromatic carbocycles. The predicted molar refractivity (Wildman–Crippen MR) is 199 cm³/mol. The maximum atomic E-state index is 12.3. The normalized spacial score (nSPS) is 13.9. The largest absolute Gasteiger partial charge is 0.469 e. The van der Waals surface area contributed by atoms with Crippen molar-refractivity contribution in [2.75, 3.05) is 13.2 Å². The zero-order chi connectivity index (χ0) is 36.4. The van der Waals surface area contributed by atoms with Gasteiger partial charge in [-0.1, -0.05) is 146 Å². The fourth-order valence-corrected chi connectivity index (χ4v) is 5.15. The molecule has 0 radical (unpaired) electrons. The molecule has 0 amide bonds. The lowest BCUT2D eigenvalue weighted by molar-refractivity contribution is -0.161. The van der Waals surface area contributed by atoms with Crippen LogP contribution in [0.15, 0.2) is 60.8 Å². The molecular formula is C39H67O9P. The third-order valence-electron chi connectivity index (χ3n) is 7.56. The summed E-state index contributed by atoms with van der Waals surface area (Å²) in [6.07, 6.45) is 35.6. The summed E-state index contributed by atoms with van der Waals surface area (Å²) in [7, 11) is -4.78. The van der Waals surface area contributed by atoms with E-state index >= 15 is 0 Å². The summed E-state index contributed by atoms with van der Waals surface area (Å²) in [5.74, 6) is -0.210. The van der Waals surface area contributed by atoms with Gasteiger partial charge >= 0.3 is 19.8 Å². The Morgan fingerprint density at radius 2 is 1.29 bits per heavy atom. The number of hydrogen-bond donors (Lipinski definition) is 3. The number of ether oxygens (including phenoxy) is 2. The van der Waals surface area contributed by atoms with E-state index in [-0.39, 0.29) is 19.4 Å². The highest BCUT2D eigenvalue weighted by Gasteiger charge is 2.22. The Morgan fingerprint density at radius 1 is 0.694 bits per heavy atom. The van der Waals surface area contributed by atoms with Crippen molar-refractivity contribution >= 4 is 19.8 Å². The summed E-state index contributed by atoms with van der Waals surface area (Å²) in [4.78, 5) is 42.6. The number of aliphatic hydroxyl groups excluding tert-OH is 1. The summed E-state index contributed by atoms with van der Waals surface area (Å²) < 4.78 is 26.2. The van der Waals surface area contributed by atoms with Gasteiger partial charge in [0, 0.05) is 12.8 Å². The van der Waals surface area contributed by atoms with Gasteiger partial charge in [0.1, 0.15) is 6.61 Å². The van der Waals surface area contributed by atoms with Gasteiger partial charge in [0.15, 0.2) is 6.10 Å². The first kappa shape index (κ1) is 46.7. The highest BCUT2D eigenvalue weighted by molar-refractivity contribution is 7.46. The minimum absolute atomic E-state index is 0.155. The standard InChI is InChI=1S/C39H67O9P/c1-4-5-6-7-19-24-29-36(40)30-25-20-15-12-13-16-21-26-31-38(41)46-33-37(34-47-49(43,44)45)48-39(42)32-27-22-17-11-9-8-10-14-18-23-28-35(2)3/h5-6,13,15-16,19-20,24-25,30,35-37,40H,4,7-12,14,17-18,21-23,26-29,31-34H2,1-3H3,(H2,43,44,45)/b6-5-,16-13-,20-15-,24-19-,30-25+/t36?,37-/m1/s1. The van der Waals surface area contributed by atoms with Gasteiger partial charge in [-0.2, -0.15) is 0 Å². The van der Waals surface area contributed by atoms with Crippen molar-refractivity contribution in [2.24, 2.45) is 5.92 Å². The molecule has 0 aromatic rings. The molecule has 0 heterocycles. The van der Waals surface area contributed by atoms with Gasteiger partial charge in [-0.3, -0.25) is 14.1 Å². The summed E-state index contributed by atoms with van der Waals surface area (Å²) in [5, 5.41) is 9.96. The van der Waals surface area contributed by atoms with E-state index in [1.807, 2.05) is 42.5 Å². The third-order valence-corrected chi connectivity index (χ3v) is 8.04. The molecule has 49 heavy (non-hydrogen) atoms. The second-order valence-corrected chi connectivity index (χ2v) is 14.1. The second-order valence-electron chi connectivity index (χ2n) is 12.9. The van der Waals surface area contributed by atoms with Crippen molar-refractivity contribution in [3.05, 3.63) is 60.8 Å². The smallest absolute Gasteiger partial charge is 0.462 e. The summed E-state index contributed by atoms with van der Waals surface area (Å²) >= 11 is 0. The molecule has 2 atom stereocenters. The molecule has 9 nitrogen and oxygen atoms in total. The van der Waals surface area contributed by atoms with Crippen LogP contribution in [0.5, 0.6) is 0 Å². The molecule has 0 aliphatic rings. The number of esters is 2. The number of unbranched alkanes of at least 4 members (excludes halogenated alkanes) is 10. The number of hydrogen-bond acceptors (Lipinski definition) is 7. The predicted octanol–water partition coefficient (Wildman–Crippen LogP) is 9.78.